The topological polar surface area (TPSA) is 56.7 Å². The number of imidazole rings is 1. The van der Waals surface area contributed by atoms with Crippen molar-refractivity contribution in [2.45, 2.75) is 38.6 Å². The summed E-state index contributed by atoms with van der Waals surface area (Å²) in [4.78, 5) is 8.47. The molecule has 0 unspecified atom stereocenters. The monoisotopic (exact) mass is 230 g/mol. The zero-order valence-corrected chi connectivity index (χ0v) is 10.1. The molecule has 1 fully saturated rings. The van der Waals surface area contributed by atoms with Crippen LogP contribution in [-0.2, 0) is 0 Å². The van der Waals surface area contributed by atoms with E-state index in [-0.39, 0.29) is 0 Å². The molecule has 0 bridgehead atoms. The summed E-state index contributed by atoms with van der Waals surface area (Å²) in [5.41, 5.74) is 7.80. The minimum atomic E-state index is 0.533. The van der Waals surface area contributed by atoms with E-state index < -0.39 is 0 Å². The van der Waals surface area contributed by atoms with Crippen LogP contribution in [0.4, 0.5) is 5.82 Å². The van der Waals surface area contributed by atoms with Crippen LogP contribution < -0.4 is 5.73 Å². The van der Waals surface area contributed by atoms with Crippen molar-refractivity contribution in [3.05, 3.63) is 18.6 Å². The molecule has 4 nitrogen and oxygen atoms in total. The third-order valence-corrected chi connectivity index (χ3v) is 3.90. The number of rotatable bonds is 1. The minimum absolute atomic E-state index is 0.533. The summed E-state index contributed by atoms with van der Waals surface area (Å²) < 4.78 is 2.28. The van der Waals surface area contributed by atoms with E-state index in [1.807, 2.05) is 12.4 Å². The first-order chi connectivity index (χ1) is 8.25. The van der Waals surface area contributed by atoms with Crippen LogP contribution in [-0.4, -0.2) is 14.5 Å². The highest BCUT2D eigenvalue weighted by Gasteiger charge is 2.21. The Morgan fingerprint density at radius 1 is 1.24 bits per heavy atom. The van der Waals surface area contributed by atoms with E-state index in [0.29, 0.717) is 11.9 Å². The number of pyridine rings is 1. The number of nitrogens with zero attached hydrogens (tertiary/aromatic N) is 3. The molecule has 0 spiro atoms. The molecule has 0 atom stereocenters. The average Bonchev–Trinajstić information content (AvgIpc) is 2.75. The minimum Gasteiger partial charge on any atom is -0.382 e. The fourth-order valence-corrected chi connectivity index (χ4v) is 2.79. The normalized spacial score (nSPS) is 25.2. The first-order valence-corrected chi connectivity index (χ1v) is 6.32. The van der Waals surface area contributed by atoms with E-state index in [9.17, 15) is 0 Å². The summed E-state index contributed by atoms with van der Waals surface area (Å²) in [5.74, 6) is 1.40. The molecule has 1 aliphatic rings. The van der Waals surface area contributed by atoms with Gasteiger partial charge in [0.05, 0.1) is 11.8 Å². The van der Waals surface area contributed by atoms with Crippen LogP contribution >= 0.6 is 0 Å². The van der Waals surface area contributed by atoms with Crippen molar-refractivity contribution in [1.82, 2.24) is 14.5 Å². The van der Waals surface area contributed by atoms with Crippen LogP contribution in [0, 0.1) is 5.92 Å². The molecule has 2 N–H and O–H groups in total. The van der Waals surface area contributed by atoms with Gasteiger partial charge in [0.2, 0.25) is 0 Å². The molecule has 1 aliphatic carbocycles. The predicted molar refractivity (Wildman–Crippen MR) is 68.6 cm³/mol. The lowest BCUT2D eigenvalue weighted by Gasteiger charge is -2.27. The van der Waals surface area contributed by atoms with Gasteiger partial charge < -0.3 is 10.3 Å². The molecule has 2 aromatic rings. The lowest BCUT2D eigenvalue weighted by molar-refractivity contribution is 0.293. The summed E-state index contributed by atoms with van der Waals surface area (Å²) in [6, 6.07) is 2.59. The first-order valence-electron chi connectivity index (χ1n) is 6.32. The highest BCUT2D eigenvalue weighted by Crippen LogP contribution is 2.34. The summed E-state index contributed by atoms with van der Waals surface area (Å²) in [6.45, 7) is 2.34. The van der Waals surface area contributed by atoms with Gasteiger partial charge in [-0.1, -0.05) is 6.92 Å². The smallest absolute Gasteiger partial charge is 0.151 e. The zero-order valence-electron chi connectivity index (χ0n) is 10.1. The Bertz CT molecular complexity index is 523. The third kappa shape index (κ3) is 1.77. The Labute approximate surface area is 101 Å². The van der Waals surface area contributed by atoms with Crippen molar-refractivity contribution in [3.8, 4) is 0 Å². The van der Waals surface area contributed by atoms with Crippen molar-refractivity contribution >= 4 is 16.9 Å². The van der Waals surface area contributed by atoms with Gasteiger partial charge in [0.15, 0.2) is 5.82 Å². The second-order valence-electron chi connectivity index (χ2n) is 5.13. The van der Waals surface area contributed by atoms with Gasteiger partial charge in [0.1, 0.15) is 5.52 Å². The third-order valence-electron chi connectivity index (χ3n) is 3.90. The lowest BCUT2D eigenvalue weighted by atomic mass is 9.87. The van der Waals surface area contributed by atoms with Crippen LogP contribution in [0.5, 0.6) is 0 Å². The van der Waals surface area contributed by atoms with Gasteiger partial charge in [-0.25, -0.2) is 9.97 Å². The van der Waals surface area contributed by atoms with Crippen LogP contribution in [0.2, 0.25) is 0 Å². The molecular weight excluding hydrogens is 212 g/mol. The van der Waals surface area contributed by atoms with Gasteiger partial charge in [0.25, 0.3) is 0 Å². The molecule has 2 aromatic heterocycles. The van der Waals surface area contributed by atoms with Crippen LogP contribution in [0.25, 0.3) is 11.0 Å². The lowest BCUT2D eigenvalue weighted by Crippen LogP contribution is -2.16. The second-order valence-corrected chi connectivity index (χ2v) is 5.13. The molecule has 4 heteroatoms. The number of nitrogen functional groups attached to an aromatic ring is 1. The first kappa shape index (κ1) is 10.6. The second kappa shape index (κ2) is 4.02. The van der Waals surface area contributed by atoms with E-state index in [0.717, 1.165) is 17.0 Å². The van der Waals surface area contributed by atoms with Crippen molar-refractivity contribution in [1.29, 1.82) is 0 Å². The molecule has 1 saturated carbocycles. The summed E-state index contributed by atoms with van der Waals surface area (Å²) in [6.07, 6.45) is 8.80. The number of aromatic nitrogens is 3. The molecule has 17 heavy (non-hydrogen) atoms. The highest BCUT2D eigenvalue weighted by atomic mass is 15.1. The van der Waals surface area contributed by atoms with Crippen molar-refractivity contribution in [3.63, 3.8) is 0 Å². The zero-order chi connectivity index (χ0) is 11.8. The molecule has 0 aliphatic heterocycles. The van der Waals surface area contributed by atoms with Gasteiger partial charge in [-0.05, 0) is 37.7 Å². The van der Waals surface area contributed by atoms with E-state index >= 15 is 0 Å². The Balaban J connectivity index is 1.98. The van der Waals surface area contributed by atoms with Crippen molar-refractivity contribution < 1.29 is 0 Å². The number of nitrogens with two attached hydrogens (primary N) is 1. The summed E-state index contributed by atoms with van der Waals surface area (Å²) in [7, 11) is 0. The summed E-state index contributed by atoms with van der Waals surface area (Å²) in [5, 5.41) is 0. The van der Waals surface area contributed by atoms with Crippen molar-refractivity contribution in [2.75, 3.05) is 5.73 Å². The highest BCUT2D eigenvalue weighted by molar-refractivity contribution is 5.84. The van der Waals surface area contributed by atoms with E-state index in [1.165, 1.54) is 25.7 Å². The predicted octanol–water partition coefficient (Wildman–Crippen LogP) is 2.76. The number of hydrogen-bond donors (Lipinski definition) is 1. The van der Waals surface area contributed by atoms with Crippen LogP contribution in [0.1, 0.15) is 38.6 Å². The molecular formula is C13H18N4. The van der Waals surface area contributed by atoms with Gasteiger partial charge in [0, 0.05) is 12.2 Å². The fraction of sp³-hybridized carbons (Fsp3) is 0.538. The molecule has 0 aromatic carbocycles. The molecule has 90 valence electrons. The maximum atomic E-state index is 5.83. The van der Waals surface area contributed by atoms with Gasteiger partial charge >= 0.3 is 0 Å². The van der Waals surface area contributed by atoms with E-state index in [2.05, 4.69) is 21.5 Å². The van der Waals surface area contributed by atoms with E-state index in [1.54, 1.807) is 6.20 Å². The summed E-state index contributed by atoms with van der Waals surface area (Å²) >= 11 is 0. The SMILES string of the molecule is CC1CCC(n2cnc3c(N)nccc32)CC1. The van der Waals surface area contributed by atoms with E-state index in [4.69, 9.17) is 5.73 Å². The molecule has 0 radical (unpaired) electrons. The standard InChI is InChI=1S/C13H18N4/c1-9-2-4-10(5-3-9)17-8-16-12-11(17)6-7-15-13(12)14/h6-10H,2-5H2,1H3,(H2,14,15). The van der Waals surface area contributed by atoms with Gasteiger partial charge in [-0.15, -0.1) is 0 Å². The number of hydrogen-bond acceptors (Lipinski definition) is 3. The Hall–Kier alpha value is -1.58. The molecule has 0 saturated heterocycles. The largest absolute Gasteiger partial charge is 0.382 e. The molecule has 3 rings (SSSR count). The number of fused-ring (bicyclic) bond motifs is 1. The average molecular weight is 230 g/mol. The molecule has 0 amide bonds. The maximum Gasteiger partial charge on any atom is 0.151 e. The Morgan fingerprint density at radius 2 is 2.00 bits per heavy atom. The molecule has 2 heterocycles. The Kier molecular flexibility index (Phi) is 2.50. The van der Waals surface area contributed by atoms with Gasteiger partial charge in [-0.3, -0.25) is 0 Å². The van der Waals surface area contributed by atoms with Gasteiger partial charge in [-0.2, -0.15) is 0 Å². The van der Waals surface area contributed by atoms with Crippen LogP contribution in [0.3, 0.4) is 0 Å². The fourth-order valence-electron chi connectivity index (χ4n) is 2.79. The van der Waals surface area contributed by atoms with Crippen LogP contribution in [0.15, 0.2) is 18.6 Å². The van der Waals surface area contributed by atoms with Crippen molar-refractivity contribution in [2.24, 2.45) is 5.92 Å². The Morgan fingerprint density at radius 3 is 2.76 bits per heavy atom. The maximum absolute atomic E-state index is 5.83. The number of anilines is 1. The quantitative estimate of drug-likeness (QED) is 0.819.